The number of aromatic nitrogens is 5. The van der Waals surface area contributed by atoms with E-state index < -0.39 is 0 Å². The smallest absolute Gasteiger partial charge is 0.253 e. The van der Waals surface area contributed by atoms with Gasteiger partial charge in [0.15, 0.2) is 0 Å². The predicted molar refractivity (Wildman–Crippen MR) is 114 cm³/mol. The van der Waals surface area contributed by atoms with Crippen LogP contribution >= 0.6 is 11.8 Å². The molecular weight excluding hydrogens is 398 g/mol. The van der Waals surface area contributed by atoms with Crippen LogP contribution in [0.1, 0.15) is 22.4 Å². The van der Waals surface area contributed by atoms with E-state index in [-0.39, 0.29) is 11.7 Å². The van der Waals surface area contributed by atoms with Gasteiger partial charge in [0.05, 0.1) is 11.3 Å². The lowest BCUT2D eigenvalue weighted by molar-refractivity contribution is -0.113. The highest BCUT2D eigenvalue weighted by Crippen LogP contribution is 2.27. The van der Waals surface area contributed by atoms with E-state index >= 15 is 0 Å². The van der Waals surface area contributed by atoms with Gasteiger partial charge in [0, 0.05) is 24.6 Å². The molecule has 1 amide bonds. The highest BCUT2D eigenvalue weighted by molar-refractivity contribution is 7.99. The van der Waals surface area contributed by atoms with Crippen molar-refractivity contribution in [3.63, 3.8) is 0 Å². The molecule has 0 radical (unpaired) electrons. The summed E-state index contributed by atoms with van der Waals surface area (Å²) in [5, 5.41) is 17.3. The molecule has 0 spiro atoms. The summed E-state index contributed by atoms with van der Waals surface area (Å²) in [6.07, 6.45) is 3.39. The molecular formula is C21H19N7OS. The van der Waals surface area contributed by atoms with Crippen molar-refractivity contribution in [2.75, 3.05) is 11.1 Å². The van der Waals surface area contributed by atoms with Crippen molar-refractivity contribution in [2.24, 2.45) is 0 Å². The molecule has 0 bridgehead atoms. The fourth-order valence-electron chi connectivity index (χ4n) is 3.17. The summed E-state index contributed by atoms with van der Waals surface area (Å²) in [6.45, 7) is 4.42. The summed E-state index contributed by atoms with van der Waals surface area (Å²) in [5.74, 6) is 0.896. The van der Waals surface area contributed by atoms with Crippen molar-refractivity contribution in [2.45, 2.75) is 25.5 Å². The van der Waals surface area contributed by atoms with E-state index in [0.717, 1.165) is 16.8 Å². The second-order valence-electron chi connectivity index (χ2n) is 6.71. The summed E-state index contributed by atoms with van der Waals surface area (Å²) < 4.78 is 3.53. The van der Waals surface area contributed by atoms with Gasteiger partial charge in [-0.05, 0) is 31.0 Å². The molecule has 0 fully saturated rings. The molecule has 0 aliphatic carbocycles. The van der Waals surface area contributed by atoms with Crippen molar-refractivity contribution in [1.29, 1.82) is 5.26 Å². The van der Waals surface area contributed by atoms with Gasteiger partial charge in [0.25, 0.3) is 5.78 Å². The molecule has 9 heteroatoms. The van der Waals surface area contributed by atoms with Gasteiger partial charge in [-0.15, -0.1) is 5.10 Å². The second kappa shape index (κ2) is 8.39. The number of thioether (sulfide) groups is 1. The number of fused-ring (bicyclic) bond motifs is 1. The number of nitriles is 1. The number of carbonyl (C=O) groups excluding carboxylic acids is 1. The summed E-state index contributed by atoms with van der Waals surface area (Å²) in [4.78, 5) is 21.1. The van der Waals surface area contributed by atoms with Crippen LogP contribution in [0.15, 0.2) is 53.9 Å². The third-order valence-corrected chi connectivity index (χ3v) is 5.65. The summed E-state index contributed by atoms with van der Waals surface area (Å²) in [7, 11) is 0. The molecule has 4 aromatic rings. The number of nitrogens with zero attached hydrogens (tertiary/aromatic N) is 6. The van der Waals surface area contributed by atoms with Crippen molar-refractivity contribution in [1.82, 2.24) is 24.1 Å². The fraction of sp³-hybridized carbons (Fsp3) is 0.190. The number of hydrogen-bond acceptors (Lipinski definition) is 6. The molecule has 0 atom stereocenters. The van der Waals surface area contributed by atoms with E-state index in [1.807, 2.05) is 48.7 Å². The van der Waals surface area contributed by atoms with Crippen LogP contribution in [0.5, 0.6) is 0 Å². The van der Waals surface area contributed by atoms with Gasteiger partial charge in [-0.25, -0.2) is 9.50 Å². The Balaban J connectivity index is 1.53. The SMILES string of the molecule is Cc1c(C#N)c(NC(=O)CSc2nc3ncccn3n2)n(Cc2ccccc2)c1C. The Bertz CT molecular complexity index is 1220. The molecule has 0 saturated heterocycles. The highest BCUT2D eigenvalue weighted by atomic mass is 32.2. The molecule has 150 valence electrons. The molecule has 1 aromatic carbocycles. The van der Waals surface area contributed by atoms with E-state index in [4.69, 9.17) is 0 Å². The lowest BCUT2D eigenvalue weighted by Gasteiger charge is -2.13. The Kier molecular flexibility index (Phi) is 5.50. The number of anilines is 1. The van der Waals surface area contributed by atoms with Crippen molar-refractivity contribution in [3.8, 4) is 6.07 Å². The normalized spacial score (nSPS) is 10.8. The first-order valence-electron chi connectivity index (χ1n) is 9.30. The Hall–Kier alpha value is -3.64. The maximum atomic E-state index is 12.7. The molecule has 3 aromatic heterocycles. The lowest BCUT2D eigenvalue weighted by atomic mass is 10.2. The minimum atomic E-state index is -0.227. The van der Waals surface area contributed by atoms with E-state index in [1.54, 1.807) is 23.0 Å². The topological polar surface area (TPSA) is 101 Å². The zero-order chi connectivity index (χ0) is 21.1. The molecule has 3 heterocycles. The molecule has 1 N–H and O–H groups in total. The Morgan fingerprint density at radius 1 is 1.23 bits per heavy atom. The minimum Gasteiger partial charge on any atom is -0.326 e. The Morgan fingerprint density at radius 2 is 2.03 bits per heavy atom. The highest BCUT2D eigenvalue weighted by Gasteiger charge is 2.20. The maximum absolute atomic E-state index is 12.7. The molecule has 8 nitrogen and oxygen atoms in total. The molecule has 0 aliphatic heterocycles. The molecule has 0 saturated carbocycles. The average Bonchev–Trinajstić information content (AvgIpc) is 3.27. The fourth-order valence-corrected chi connectivity index (χ4v) is 3.79. The van der Waals surface area contributed by atoms with Crippen LogP contribution in [0.4, 0.5) is 5.82 Å². The molecule has 0 aliphatic rings. The number of rotatable bonds is 6. The average molecular weight is 417 g/mol. The number of carbonyl (C=O) groups is 1. The Labute approximate surface area is 177 Å². The van der Waals surface area contributed by atoms with E-state index in [2.05, 4.69) is 26.5 Å². The lowest BCUT2D eigenvalue weighted by Crippen LogP contribution is -2.18. The van der Waals surface area contributed by atoms with E-state index in [0.29, 0.717) is 28.9 Å². The Morgan fingerprint density at radius 3 is 2.77 bits per heavy atom. The van der Waals surface area contributed by atoms with Crippen LogP contribution in [-0.2, 0) is 11.3 Å². The molecule has 0 unspecified atom stereocenters. The van der Waals surface area contributed by atoms with Gasteiger partial charge < -0.3 is 9.88 Å². The van der Waals surface area contributed by atoms with Gasteiger partial charge in [0.2, 0.25) is 11.1 Å². The molecule has 4 rings (SSSR count). The largest absolute Gasteiger partial charge is 0.326 e. The quantitative estimate of drug-likeness (QED) is 0.484. The molecule has 30 heavy (non-hydrogen) atoms. The van der Waals surface area contributed by atoms with Crippen LogP contribution in [0, 0.1) is 25.2 Å². The standard InChI is InChI=1S/C21H19N7OS/c1-14-15(2)27(12-16-7-4-3-5-8-16)19(17(14)11-22)24-18(29)13-30-21-25-20-23-9-6-10-28(20)26-21/h3-10H,12-13H2,1-2H3,(H,24,29). The second-order valence-corrected chi connectivity index (χ2v) is 7.66. The van der Waals surface area contributed by atoms with Gasteiger partial charge in [-0.3, -0.25) is 4.79 Å². The van der Waals surface area contributed by atoms with Crippen molar-refractivity contribution >= 4 is 29.3 Å². The summed E-state index contributed by atoms with van der Waals surface area (Å²) in [6, 6.07) is 13.9. The van der Waals surface area contributed by atoms with Crippen LogP contribution in [-0.4, -0.2) is 35.8 Å². The third-order valence-electron chi connectivity index (χ3n) is 4.81. The van der Waals surface area contributed by atoms with Gasteiger partial charge in [-0.1, -0.05) is 42.1 Å². The first-order valence-corrected chi connectivity index (χ1v) is 10.3. The van der Waals surface area contributed by atoms with Crippen LogP contribution in [0.3, 0.4) is 0 Å². The van der Waals surface area contributed by atoms with Crippen LogP contribution in [0.25, 0.3) is 5.78 Å². The number of nitrogens with one attached hydrogen (secondary N) is 1. The van der Waals surface area contributed by atoms with E-state index in [1.165, 1.54) is 11.8 Å². The van der Waals surface area contributed by atoms with Crippen molar-refractivity contribution in [3.05, 3.63) is 71.2 Å². The van der Waals surface area contributed by atoms with Gasteiger partial charge >= 0.3 is 0 Å². The minimum absolute atomic E-state index is 0.121. The first-order chi connectivity index (χ1) is 14.6. The first kappa shape index (κ1) is 19.7. The van der Waals surface area contributed by atoms with E-state index in [9.17, 15) is 10.1 Å². The predicted octanol–water partition coefficient (Wildman–Crippen LogP) is 3.19. The zero-order valence-corrected chi connectivity index (χ0v) is 17.3. The van der Waals surface area contributed by atoms with Gasteiger partial charge in [-0.2, -0.15) is 10.2 Å². The number of hydrogen-bond donors (Lipinski definition) is 1. The van der Waals surface area contributed by atoms with Gasteiger partial charge in [0.1, 0.15) is 11.9 Å². The zero-order valence-electron chi connectivity index (χ0n) is 16.5. The number of amides is 1. The third kappa shape index (κ3) is 3.90. The monoisotopic (exact) mass is 417 g/mol. The maximum Gasteiger partial charge on any atom is 0.253 e. The number of benzene rings is 1. The van der Waals surface area contributed by atoms with Crippen LogP contribution < -0.4 is 5.32 Å². The van der Waals surface area contributed by atoms with Crippen LogP contribution in [0.2, 0.25) is 0 Å². The summed E-state index contributed by atoms with van der Waals surface area (Å²) in [5.41, 5.74) is 3.39. The summed E-state index contributed by atoms with van der Waals surface area (Å²) >= 11 is 1.22. The van der Waals surface area contributed by atoms with Crippen molar-refractivity contribution < 1.29 is 4.79 Å².